The molecule has 0 radical (unpaired) electrons. The van der Waals surface area contributed by atoms with Gasteiger partial charge in [-0.25, -0.2) is 14.4 Å². The topological polar surface area (TPSA) is 125 Å². The normalized spacial score (nSPS) is 12.6. The first-order valence-electron chi connectivity index (χ1n) is 18.8. The van der Waals surface area contributed by atoms with Crippen LogP contribution in [0.4, 0.5) is 0 Å². The highest BCUT2D eigenvalue weighted by Gasteiger charge is 2.52. The van der Waals surface area contributed by atoms with Crippen LogP contribution in [0.5, 0.6) is 0 Å². The molecular weight excluding hydrogens is 658 g/mol. The molecular formula is C43H55NO8. The van der Waals surface area contributed by atoms with Crippen LogP contribution in [-0.4, -0.2) is 55.0 Å². The lowest BCUT2D eigenvalue weighted by molar-refractivity contribution is -0.157. The molecule has 3 aromatic carbocycles. The van der Waals surface area contributed by atoms with Crippen molar-refractivity contribution < 1.29 is 38.2 Å². The Morgan fingerprint density at radius 1 is 0.596 bits per heavy atom. The highest BCUT2D eigenvalue weighted by atomic mass is 16.6. The molecule has 3 aromatic rings. The van der Waals surface area contributed by atoms with Crippen LogP contribution < -0.4 is 5.32 Å². The van der Waals surface area contributed by atoms with Gasteiger partial charge in [-0.15, -0.1) is 0 Å². The summed E-state index contributed by atoms with van der Waals surface area (Å²) in [6.07, 6.45) is 12.1. The minimum atomic E-state index is -2.07. The summed E-state index contributed by atoms with van der Waals surface area (Å²) in [5, 5.41) is 2.77. The SMILES string of the molecule is CCCCCCC(=O)CCCCCCCCCC[C@H](OC(=O)c1ccccc1)[C@](COC(=O)c1ccccc1)(NC(=O)c1ccccc1)C(=O)OC. The van der Waals surface area contributed by atoms with Crippen LogP contribution in [0.25, 0.3) is 0 Å². The highest BCUT2D eigenvalue weighted by Crippen LogP contribution is 2.26. The Kier molecular flexibility index (Phi) is 18.9. The lowest BCUT2D eigenvalue weighted by Gasteiger charge is -2.37. The molecule has 9 heteroatoms. The molecule has 1 N–H and O–H groups in total. The smallest absolute Gasteiger partial charge is 0.339 e. The zero-order chi connectivity index (χ0) is 37.4. The molecule has 0 aliphatic carbocycles. The van der Waals surface area contributed by atoms with E-state index >= 15 is 0 Å². The van der Waals surface area contributed by atoms with Crippen molar-refractivity contribution in [2.75, 3.05) is 13.7 Å². The van der Waals surface area contributed by atoms with Gasteiger partial charge in [0.2, 0.25) is 5.54 Å². The van der Waals surface area contributed by atoms with Gasteiger partial charge in [-0.1, -0.05) is 119 Å². The molecule has 0 spiro atoms. The van der Waals surface area contributed by atoms with Crippen molar-refractivity contribution in [3.05, 3.63) is 108 Å². The number of esters is 3. The molecule has 280 valence electrons. The fraction of sp³-hybridized carbons (Fsp3) is 0.465. The van der Waals surface area contributed by atoms with Crippen LogP contribution in [0.2, 0.25) is 0 Å². The van der Waals surface area contributed by atoms with E-state index in [9.17, 15) is 24.0 Å². The number of nitrogens with one attached hydrogen (secondary N) is 1. The molecule has 1 amide bonds. The zero-order valence-corrected chi connectivity index (χ0v) is 30.8. The number of methoxy groups -OCH3 is 1. The molecule has 3 rings (SSSR count). The van der Waals surface area contributed by atoms with E-state index in [1.54, 1.807) is 91.0 Å². The molecule has 0 aliphatic heterocycles. The average molecular weight is 714 g/mol. The first-order valence-corrected chi connectivity index (χ1v) is 18.8. The lowest BCUT2D eigenvalue weighted by atomic mass is 9.88. The van der Waals surface area contributed by atoms with Crippen molar-refractivity contribution in [3.63, 3.8) is 0 Å². The third kappa shape index (κ3) is 14.1. The number of Topliss-reactive ketones (excluding diaryl/α,β-unsaturated/α-hetero) is 1. The van der Waals surface area contributed by atoms with Gasteiger partial charge in [0.15, 0.2) is 0 Å². The number of ether oxygens (including phenoxy) is 3. The standard InChI is InChI=1S/C43H55NO8/c1-3-4-5-21-30-37(45)31-22-10-8-6-7-9-11-23-32-38(52-41(48)36-28-19-14-20-29-36)43(42(49)50-2,44-39(46)34-24-15-12-16-25-34)33-51-40(47)35-26-17-13-18-27-35/h12-20,24-29,38H,3-11,21-23,30-33H2,1-2H3,(H,44,46)/t38-,43-/m0/s1. The van der Waals surface area contributed by atoms with Gasteiger partial charge >= 0.3 is 17.9 Å². The van der Waals surface area contributed by atoms with Crippen LogP contribution in [0.3, 0.4) is 0 Å². The molecule has 0 aliphatic rings. The van der Waals surface area contributed by atoms with E-state index in [2.05, 4.69) is 12.2 Å². The number of unbranched alkanes of at least 4 members (excludes halogenated alkanes) is 10. The van der Waals surface area contributed by atoms with Gasteiger partial charge in [0, 0.05) is 18.4 Å². The van der Waals surface area contributed by atoms with Crippen molar-refractivity contribution in [3.8, 4) is 0 Å². The fourth-order valence-electron chi connectivity index (χ4n) is 6.10. The Labute approximate surface area is 308 Å². The number of carbonyl (C=O) groups is 5. The van der Waals surface area contributed by atoms with E-state index in [0.717, 1.165) is 57.8 Å². The minimum absolute atomic E-state index is 0.187. The Morgan fingerprint density at radius 3 is 1.58 bits per heavy atom. The van der Waals surface area contributed by atoms with Crippen LogP contribution in [0.15, 0.2) is 91.0 Å². The summed E-state index contributed by atoms with van der Waals surface area (Å²) in [6.45, 7) is 1.53. The van der Waals surface area contributed by atoms with Crippen molar-refractivity contribution in [1.29, 1.82) is 0 Å². The second kappa shape index (κ2) is 23.6. The summed E-state index contributed by atoms with van der Waals surface area (Å²) in [7, 11) is 1.17. The Balaban J connectivity index is 1.72. The van der Waals surface area contributed by atoms with Crippen LogP contribution in [0.1, 0.15) is 134 Å². The number of hydrogen-bond donors (Lipinski definition) is 1. The van der Waals surface area contributed by atoms with Gasteiger partial charge in [0.25, 0.3) is 5.91 Å². The van der Waals surface area contributed by atoms with E-state index in [1.807, 2.05) is 0 Å². The van der Waals surface area contributed by atoms with E-state index in [0.29, 0.717) is 25.0 Å². The molecule has 0 saturated heterocycles. The number of carbonyl (C=O) groups excluding carboxylic acids is 5. The van der Waals surface area contributed by atoms with Crippen molar-refractivity contribution in [1.82, 2.24) is 5.32 Å². The highest BCUT2D eigenvalue weighted by molar-refractivity contribution is 5.99. The maximum Gasteiger partial charge on any atom is 0.339 e. The Morgan fingerprint density at radius 2 is 1.06 bits per heavy atom. The summed E-state index contributed by atoms with van der Waals surface area (Å²) in [5.41, 5.74) is -1.29. The molecule has 9 nitrogen and oxygen atoms in total. The second-order valence-corrected chi connectivity index (χ2v) is 13.2. The van der Waals surface area contributed by atoms with E-state index in [1.165, 1.54) is 20.0 Å². The number of amides is 1. The molecule has 52 heavy (non-hydrogen) atoms. The summed E-state index contributed by atoms with van der Waals surface area (Å²) >= 11 is 0. The Hall–Kier alpha value is -4.79. The molecule has 2 atom stereocenters. The molecule has 0 heterocycles. The zero-order valence-electron chi connectivity index (χ0n) is 30.8. The van der Waals surface area contributed by atoms with E-state index in [4.69, 9.17) is 14.2 Å². The molecule has 0 unspecified atom stereocenters. The fourth-order valence-corrected chi connectivity index (χ4v) is 6.10. The van der Waals surface area contributed by atoms with Crippen LogP contribution in [0, 0.1) is 0 Å². The average Bonchev–Trinajstić information content (AvgIpc) is 3.18. The predicted molar refractivity (Wildman–Crippen MR) is 201 cm³/mol. The van der Waals surface area contributed by atoms with Gasteiger partial charge < -0.3 is 19.5 Å². The lowest BCUT2D eigenvalue weighted by Crippen LogP contribution is -2.66. The van der Waals surface area contributed by atoms with Gasteiger partial charge in [-0.3, -0.25) is 9.59 Å². The largest absolute Gasteiger partial charge is 0.467 e. The summed E-state index contributed by atoms with van der Waals surface area (Å²) in [6, 6.07) is 24.9. The van der Waals surface area contributed by atoms with Crippen LogP contribution in [-0.2, 0) is 23.8 Å². The number of hydrogen-bond acceptors (Lipinski definition) is 8. The van der Waals surface area contributed by atoms with Gasteiger partial charge in [0.05, 0.1) is 18.2 Å². The number of benzene rings is 3. The number of ketones is 1. The van der Waals surface area contributed by atoms with Gasteiger partial charge in [0.1, 0.15) is 18.5 Å². The third-order valence-corrected chi connectivity index (χ3v) is 9.15. The minimum Gasteiger partial charge on any atom is -0.467 e. The molecule has 0 bridgehead atoms. The summed E-state index contributed by atoms with van der Waals surface area (Å²) in [5.74, 6) is -2.57. The first-order chi connectivity index (χ1) is 25.3. The maximum absolute atomic E-state index is 13.8. The van der Waals surface area contributed by atoms with Crippen molar-refractivity contribution >= 4 is 29.6 Å². The first kappa shape index (κ1) is 41.6. The summed E-state index contributed by atoms with van der Waals surface area (Å²) in [4.78, 5) is 66.3. The predicted octanol–water partition coefficient (Wildman–Crippen LogP) is 8.85. The molecule has 0 aromatic heterocycles. The second-order valence-electron chi connectivity index (χ2n) is 13.2. The van der Waals surface area contributed by atoms with Crippen molar-refractivity contribution in [2.24, 2.45) is 0 Å². The molecule has 0 fully saturated rings. The number of rotatable bonds is 25. The summed E-state index contributed by atoms with van der Waals surface area (Å²) < 4.78 is 17.0. The van der Waals surface area contributed by atoms with Gasteiger partial charge in [-0.05, 0) is 62.1 Å². The monoisotopic (exact) mass is 713 g/mol. The Bertz CT molecular complexity index is 1510. The van der Waals surface area contributed by atoms with Crippen LogP contribution >= 0.6 is 0 Å². The van der Waals surface area contributed by atoms with E-state index < -0.39 is 42.1 Å². The maximum atomic E-state index is 13.8. The van der Waals surface area contributed by atoms with Gasteiger partial charge in [-0.2, -0.15) is 0 Å². The quantitative estimate of drug-likeness (QED) is 0.0525. The molecule has 0 saturated carbocycles. The van der Waals surface area contributed by atoms with E-state index in [-0.39, 0.29) is 23.1 Å². The third-order valence-electron chi connectivity index (χ3n) is 9.15. The van der Waals surface area contributed by atoms with Crippen molar-refractivity contribution in [2.45, 2.75) is 115 Å².